The Morgan fingerprint density at radius 3 is 2.80 bits per heavy atom. The minimum Gasteiger partial charge on any atom is -0.390 e. The Kier molecular flexibility index (Phi) is 3.23. The van der Waals surface area contributed by atoms with Gasteiger partial charge < -0.3 is 5.11 Å². The number of imidazole rings is 1. The first-order valence-electron chi connectivity index (χ1n) is 5.69. The smallest absolute Gasteiger partial charge is 0.156 e. The van der Waals surface area contributed by atoms with Crippen molar-refractivity contribution in [2.75, 3.05) is 0 Å². The van der Waals surface area contributed by atoms with E-state index >= 15 is 0 Å². The summed E-state index contributed by atoms with van der Waals surface area (Å²) in [5.41, 5.74) is 1.28. The van der Waals surface area contributed by atoms with Gasteiger partial charge in [-0.3, -0.25) is 4.40 Å². The van der Waals surface area contributed by atoms with Crippen LogP contribution in [0.5, 0.6) is 0 Å². The van der Waals surface area contributed by atoms with Crippen molar-refractivity contribution < 1.29 is 13.9 Å². The van der Waals surface area contributed by atoms with Gasteiger partial charge in [0.2, 0.25) is 0 Å². The number of aromatic nitrogens is 3. The first-order valence-corrected chi connectivity index (χ1v) is 6.48. The zero-order valence-electron chi connectivity index (χ0n) is 10.0. The molecule has 2 aromatic heterocycles. The van der Waals surface area contributed by atoms with E-state index in [1.54, 1.807) is 10.6 Å². The van der Waals surface area contributed by atoms with Gasteiger partial charge in [-0.2, -0.15) is 0 Å². The van der Waals surface area contributed by atoms with Crippen LogP contribution in [-0.4, -0.2) is 19.5 Å². The fraction of sp³-hybridized carbons (Fsp3) is 0.0769. The molecule has 0 saturated carbocycles. The van der Waals surface area contributed by atoms with E-state index in [0.29, 0.717) is 15.9 Å². The SMILES string of the molecule is OCc1c(-c2ccc(F)cc2F)nc2cnc(Br)cn12. The largest absolute Gasteiger partial charge is 0.390 e. The molecule has 1 aromatic carbocycles. The molecule has 0 spiro atoms. The van der Waals surface area contributed by atoms with E-state index in [0.717, 1.165) is 12.1 Å². The van der Waals surface area contributed by atoms with Gasteiger partial charge in [0.05, 0.1) is 24.2 Å². The Balaban J connectivity index is 2.30. The number of aliphatic hydroxyl groups is 1. The lowest BCUT2D eigenvalue weighted by Gasteiger charge is -2.03. The maximum Gasteiger partial charge on any atom is 0.156 e. The monoisotopic (exact) mass is 339 g/mol. The van der Waals surface area contributed by atoms with Crippen molar-refractivity contribution in [2.45, 2.75) is 6.61 Å². The second kappa shape index (κ2) is 4.92. The Labute approximate surface area is 120 Å². The van der Waals surface area contributed by atoms with E-state index in [9.17, 15) is 13.9 Å². The number of hydrogen-bond acceptors (Lipinski definition) is 3. The van der Waals surface area contributed by atoms with E-state index in [-0.39, 0.29) is 17.9 Å². The second-order valence-electron chi connectivity index (χ2n) is 4.13. The molecule has 0 fully saturated rings. The Morgan fingerprint density at radius 2 is 2.10 bits per heavy atom. The Hall–Kier alpha value is -1.86. The van der Waals surface area contributed by atoms with Gasteiger partial charge in [-0.1, -0.05) is 0 Å². The van der Waals surface area contributed by atoms with E-state index in [2.05, 4.69) is 25.9 Å². The van der Waals surface area contributed by atoms with Gasteiger partial charge in [0.25, 0.3) is 0 Å². The standard InChI is InChI=1S/C13H8BrF2N3O/c14-11-5-19-10(6-20)13(18-12(19)4-17-11)8-2-1-7(15)3-9(8)16/h1-5,20H,6H2. The maximum atomic E-state index is 13.9. The predicted octanol–water partition coefficient (Wildman–Crippen LogP) is 2.93. The Bertz CT molecular complexity index is 804. The van der Waals surface area contributed by atoms with Crippen LogP contribution in [0.15, 0.2) is 35.2 Å². The first-order chi connectivity index (χ1) is 9.60. The minimum atomic E-state index is -0.727. The van der Waals surface area contributed by atoms with E-state index in [4.69, 9.17) is 0 Å². The van der Waals surface area contributed by atoms with Gasteiger partial charge in [0.15, 0.2) is 5.65 Å². The lowest BCUT2D eigenvalue weighted by molar-refractivity contribution is 0.276. The van der Waals surface area contributed by atoms with Crippen LogP contribution >= 0.6 is 15.9 Å². The van der Waals surface area contributed by atoms with Crippen molar-refractivity contribution in [2.24, 2.45) is 0 Å². The molecule has 20 heavy (non-hydrogen) atoms. The molecule has 0 aliphatic heterocycles. The summed E-state index contributed by atoms with van der Waals surface area (Å²) in [5, 5.41) is 9.51. The summed E-state index contributed by atoms with van der Waals surface area (Å²) in [7, 11) is 0. The van der Waals surface area contributed by atoms with Crippen LogP contribution in [0.2, 0.25) is 0 Å². The van der Waals surface area contributed by atoms with Crippen molar-refractivity contribution in [1.29, 1.82) is 0 Å². The van der Waals surface area contributed by atoms with Gasteiger partial charge in [-0.15, -0.1) is 0 Å². The van der Waals surface area contributed by atoms with Crippen LogP contribution in [0, 0.1) is 11.6 Å². The van der Waals surface area contributed by atoms with Crippen molar-refractivity contribution in [3.8, 4) is 11.3 Å². The summed E-state index contributed by atoms with van der Waals surface area (Å²) < 4.78 is 29.0. The molecule has 0 amide bonds. The summed E-state index contributed by atoms with van der Waals surface area (Å²) in [5.74, 6) is -1.39. The van der Waals surface area contributed by atoms with Crippen LogP contribution in [0.1, 0.15) is 5.69 Å². The molecule has 0 aliphatic carbocycles. The van der Waals surface area contributed by atoms with E-state index in [1.807, 2.05) is 0 Å². The topological polar surface area (TPSA) is 50.4 Å². The maximum absolute atomic E-state index is 13.9. The summed E-state index contributed by atoms with van der Waals surface area (Å²) in [6, 6.07) is 3.24. The summed E-state index contributed by atoms with van der Waals surface area (Å²) in [6.07, 6.45) is 3.12. The zero-order chi connectivity index (χ0) is 14.3. The number of halogens is 3. The van der Waals surface area contributed by atoms with Crippen LogP contribution in [0.4, 0.5) is 8.78 Å². The molecule has 0 unspecified atom stereocenters. The quantitative estimate of drug-likeness (QED) is 0.780. The highest BCUT2D eigenvalue weighted by molar-refractivity contribution is 9.10. The van der Waals surface area contributed by atoms with Crippen LogP contribution in [0.3, 0.4) is 0 Å². The van der Waals surface area contributed by atoms with E-state index < -0.39 is 11.6 Å². The zero-order valence-corrected chi connectivity index (χ0v) is 11.6. The van der Waals surface area contributed by atoms with Gasteiger partial charge in [0.1, 0.15) is 16.2 Å². The highest BCUT2D eigenvalue weighted by atomic mass is 79.9. The molecule has 102 valence electrons. The van der Waals surface area contributed by atoms with Crippen molar-refractivity contribution in [3.05, 3.63) is 52.5 Å². The normalized spacial score (nSPS) is 11.2. The van der Waals surface area contributed by atoms with Gasteiger partial charge >= 0.3 is 0 Å². The molecule has 0 bridgehead atoms. The average Bonchev–Trinajstić information content (AvgIpc) is 2.76. The molecule has 0 atom stereocenters. The third kappa shape index (κ3) is 2.08. The van der Waals surface area contributed by atoms with E-state index in [1.165, 1.54) is 12.3 Å². The van der Waals surface area contributed by atoms with Crippen molar-refractivity contribution >= 4 is 21.6 Å². The lowest BCUT2D eigenvalue weighted by Crippen LogP contribution is -1.96. The summed E-state index contributed by atoms with van der Waals surface area (Å²) >= 11 is 3.22. The molecular weight excluding hydrogens is 332 g/mol. The molecule has 0 radical (unpaired) electrons. The number of hydrogen-bond donors (Lipinski definition) is 1. The third-order valence-corrected chi connectivity index (χ3v) is 3.32. The summed E-state index contributed by atoms with van der Waals surface area (Å²) in [6.45, 7) is -0.330. The second-order valence-corrected chi connectivity index (χ2v) is 4.94. The average molecular weight is 340 g/mol. The first kappa shape index (κ1) is 13.1. The number of aliphatic hydroxyl groups excluding tert-OH is 1. The Morgan fingerprint density at radius 1 is 1.30 bits per heavy atom. The van der Waals surface area contributed by atoms with Crippen molar-refractivity contribution in [3.63, 3.8) is 0 Å². The lowest BCUT2D eigenvalue weighted by atomic mass is 10.1. The molecule has 3 rings (SSSR count). The highest BCUT2D eigenvalue weighted by Gasteiger charge is 2.17. The molecule has 3 aromatic rings. The number of benzene rings is 1. The highest BCUT2D eigenvalue weighted by Crippen LogP contribution is 2.27. The molecule has 1 N–H and O–H groups in total. The predicted molar refractivity (Wildman–Crippen MR) is 72.0 cm³/mol. The van der Waals surface area contributed by atoms with Gasteiger partial charge in [0, 0.05) is 17.8 Å². The summed E-state index contributed by atoms with van der Waals surface area (Å²) in [4.78, 5) is 8.27. The van der Waals surface area contributed by atoms with Crippen LogP contribution in [-0.2, 0) is 6.61 Å². The van der Waals surface area contributed by atoms with Crippen LogP contribution < -0.4 is 0 Å². The molecule has 0 aliphatic rings. The van der Waals surface area contributed by atoms with Gasteiger partial charge in [-0.05, 0) is 28.1 Å². The third-order valence-electron chi connectivity index (χ3n) is 2.91. The molecular formula is C13H8BrF2N3O. The minimum absolute atomic E-state index is 0.135. The van der Waals surface area contributed by atoms with Crippen LogP contribution in [0.25, 0.3) is 16.9 Å². The van der Waals surface area contributed by atoms with Gasteiger partial charge in [-0.25, -0.2) is 18.7 Å². The molecule has 4 nitrogen and oxygen atoms in total. The van der Waals surface area contributed by atoms with Crippen molar-refractivity contribution in [1.82, 2.24) is 14.4 Å². The molecule has 7 heteroatoms. The fourth-order valence-corrected chi connectivity index (χ4v) is 2.34. The molecule has 0 saturated heterocycles. The number of rotatable bonds is 2. The number of nitrogens with zero attached hydrogens (tertiary/aromatic N) is 3. The number of fused-ring (bicyclic) bond motifs is 1. The molecule has 2 heterocycles. The fourth-order valence-electron chi connectivity index (χ4n) is 2.03.